The third-order valence-electron chi connectivity index (χ3n) is 9.98. The number of hydrogen-bond acceptors (Lipinski definition) is 14. The van der Waals surface area contributed by atoms with Gasteiger partial charge in [0.25, 0.3) is 29.3 Å². The fraction of sp³-hybridized carbons (Fsp3) is 0.302. The van der Waals surface area contributed by atoms with Crippen LogP contribution in [0.1, 0.15) is 106 Å². The van der Waals surface area contributed by atoms with Gasteiger partial charge in [-0.2, -0.15) is 10.5 Å². The van der Waals surface area contributed by atoms with Crippen LogP contribution in [0.3, 0.4) is 0 Å². The van der Waals surface area contributed by atoms with E-state index < -0.39 is 38.6 Å². The summed E-state index contributed by atoms with van der Waals surface area (Å²) in [6.07, 6.45) is 4.10. The first kappa shape index (κ1) is 44.2. The SMILES string of the molecule is CC(C)(C)Cn1c(CN2C(=O)c3ccc(NS(C)(=O)=O)cc3C2=O)cc2cnc(C#N)nc21.CC(C)(C)Cn1c(CN2C(=O)c3ccc([N+](=O)[O-])cc3C2=O)cc2cnc(C#N)nc21. The summed E-state index contributed by atoms with van der Waals surface area (Å²) in [5.74, 6) is -2.00. The van der Waals surface area contributed by atoms with Gasteiger partial charge >= 0.3 is 0 Å². The number of nitrogens with zero attached hydrogens (tertiary/aromatic N) is 11. The van der Waals surface area contributed by atoms with E-state index in [4.69, 9.17) is 5.26 Å². The Kier molecular flexibility index (Phi) is 11.1. The van der Waals surface area contributed by atoms with Crippen LogP contribution in [-0.4, -0.2) is 82.1 Å². The van der Waals surface area contributed by atoms with Gasteiger partial charge in [0.15, 0.2) is 0 Å². The topological polar surface area (TPSA) is 273 Å². The number of anilines is 1. The van der Waals surface area contributed by atoms with Gasteiger partial charge in [-0.05, 0) is 47.2 Å². The molecule has 0 spiro atoms. The number of carbonyl (C=O) groups excluding carboxylic acids is 4. The molecule has 21 heteroatoms. The number of benzene rings is 2. The lowest BCUT2D eigenvalue weighted by Gasteiger charge is -2.23. The zero-order valence-electron chi connectivity index (χ0n) is 35.7. The maximum atomic E-state index is 13.1. The number of nitro groups is 1. The Labute approximate surface area is 366 Å². The van der Waals surface area contributed by atoms with Crippen LogP contribution in [0.4, 0.5) is 11.4 Å². The maximum Gasteiger partial charge on any atom is 0.270 e. The summed E-state index contributed by atoms with van der Waals surface area (Å²) >= 11 is 0. The molecule has 6 heterocycles. The fourth-order valence-corrected chi connectivity index (χ4v) is 7.99. The molecule has 2 aliphatic rings. The number of fused-ring (bicyclic) bond motifs is 4. The molecule has 326 valence electrons. The van der Waals surface area contributed by atoms with Crippen molar-refractivity contribution >= 4 is 67.1 Å². The number of nitrogens with one attached hydrogen (secondary N) is 1. The van der Waals surface area contributed by atoms with Gasteiger partial charge in [0, 0.05) is 65.5 Å². The first-order valence-corrected chi connectivity index (χ1v) is 21.5. The van der Waals surface area contributed by atoms with Crippen molar-refractivity contribution in [2.45, 2.75) is 67.7 Å². The number of rotatable bonds is 9. The van der Waals surface area contributed by atoms with E-state index >= 15 is 0 Å². The smallest absolute Gasteiger partial charge is 0.270 e. The molecule has 0 fully saturated rings. The van der Waals surface area contributed by atoms with E-state index in [-0.39, 0.29) is 69.2 Å². The highest BCUT2D eigenvalue weighted by Crippen LogP contribution is 2.32. The van der Waals surface area contributed by atoms with Gasteiger partial charge < -0.3 is 9.13 Å². The van der Waals surface area contributed by atoms with Crippen LogP contribution in [0.25, 0.3) is 22.1 Å². The van der Waals surface area contributed by atoms with E-state index in [1.54, 1.807) is 12.3 Å². The molecule has 0 unspecified atom stereocenters. The molecule has 0 atom stereocenters. The van der Waals surface area contributed by atoms with Crippen molar-refractivity contribution in [1.29, 1.82) is 10.5 Å². The number of hydrogen-bond donors (Lipinski definition) is 1. The molecule has 64 heavy (non-hydrogen) atoms. The van der Waals surface area contributed by atoms with Crippen LogP contribution >= 0.6 is 0 Å². The highest BCUT2D eigenvalue weighted by molar-refractivity contribution is 7.92. The molecule has 2 aromatic carbocycles. The number of sulfonamides is 1. The van der Waals surface area contributed by atoms with Crippen LogP contribution in [-0.2, 0) is 36.2 Å². The van der Waals surface area contributed by atoms with Gasteiger partial charge in [-0.3, -0.25) is 43.8 Å². The first-order chi connectivity index (χ1) is 29.9. The second kappa shape index (κ2) is 16.1. The molecule has 4 amide bonds. The molecule has 0 radical (unpaired) electrons. The van der Waals surface area contributed by atoms with E-state index in [9.17, 15) is 43.0 Å². The number of non-ortho nitro benzene ring substituents is 1. The van der Waals surface area contributed by atoms with Crippen molar-refractivity contribution in [3.05, 3.63) is 116 Å². The molecule has 4 aromatic heterocycles. The van der Waals surface area contributed by atoms with E-state index in [0.29, 0.717) is 46.5 Å². The first-order valence-electron chi connectivity index (χ1n) is 19.6. The predicted octanol–water partition coefficient (Wildman–Crippen LogP) is 5.57. The Bertz CT molecular complexity index is 3200. The monoisotopic (exact) mass is 884 g/mol. The summed E-state index contributed by atoms with van der Waals surface area (Å²) in [4.78, 5) is 81.2. The highest BCUT2D eigenvalue weighted by Gasteiger charge is 2.39. The lowest BCUT2D eigenvalue weighted by molar-refractivity contribution is -0.384. The molecule has 6 aromatic rings. The Balaban J connectivity index is 0.000000192. The lowest BCUT2D eigenvalue weighted by Crippen LogP contribution is -2.30. The Morgan fingerprint density at radius 3 is 1.50 bits per heavy atom. The molecular formula is C43H40N12O8S. The maximum absolute atomic E-state index is 13.1. The minimum atomic E-state index is -3.53. The van der Waals surface area contributed by atoms with Crippen molar-refractivity contribution < 1.29 is 32.5 Å². The average Bonchev–Trinajstić information content (AvgIpc) is 3.87. The van der Waals surface area contributed by atoms with Gasteiger partial charge in [-0.1, -0.05) is 41.5 Å². The van der Waals surface area contributed by atoms with Crippen LogP contribution in [0.15, 0.2) is 60.9 Å². The average molecular weight is 885 g/mol. The molecule has 2 aliphatic heterocycles. The van der Waals surface area contributed by atoms with Gasteiger partial charge in [0.05, 0.1) is 46.5 Å². The zero-order chi connectivity index (χ0) is 46.6. The second-order valence-corrected chi connectivity index (χ2v) is 19.5. The quantitative estimate of drug-likeness (QED) is 0.106. The number of nitriles is 2. The van der Waals surface area contributed by atoms with Crippen molar-refractivity contribution in [3.63, 3.8) is 0 Å². The number of imide groups is 2. The number of aromatic nitrogens is 6. The Morgan fingerprint density at radius 1 is 0.672 bits per heavy atom. The normalized spacial score (nSPS) is 13.8. The van der Waals surface area contributed by atoms with Crippen LogP contribution in [0.2, 0.25) is 0 Å². The number of carbonyl (C=O) groups is 4. The fourth-order valence-electron chi connectivity index (χ4n) is 7.43. The van der Waals surface area contributed by atoms with E-state index in [1.807, 2.05) is 68.9 Å². The molecule has 8 rings (SSSR count). The largest absolute Gasteiger partial charge is 0.327 e. The highest BCUT2D eigenvalue weighted by atomic mass is 32.2. The summed E-state index contributed by atoms with van der Waals surface area (Å²) in [6, 6.07) is 15.4. The van der Waals surface area contributed by atoms with Gasteiger partial charge in [-0.15, -0.1) is 0 Å². The van der Waals surface area contributed by atoms with Gasteiger partial charge in [0.2, 0.25) is 21.7 Å². The molecular weight excluding hydrogens is 845 g/mol. The van der Waals surface area contributed by atoms with Crippen molar-refractivity contribution in [2.24, 2.45) is 10.8 Å². The van der Waals surface area contributed by atoms with Crippen molar-refractivity contribution in [2.75, 3.05) is 11.0 Å². The Hall–Kier alpha value is -7.91. The van der Waals surface area contributed by atoms with E-state index in [2.05, 4.69) is 24.7 Å². The third kappa shape index (κ3) is 8.87. The summed E-state index contributed by atoms with van der Waals surface area (Å²) in [5.41, 5.74) is 2.60. The number of nitro benzene ring substituents is 1. The molecule has 0 bridgehead atoms. The van der Waals surface area contributed by atoms with E-state index in [0.717, 1.165) is 22.1 Å². The summed E-state index contributed by atoms with van der Waals surface area (Å²) in [6.45, 7) is 13.3. The molecule has 0 aliphatic carbocycles. The summed E-state index contributed by atoms with van der Waals surface area (Å²) in [7, 11) is -3.53. The molecule has 0 saturated carbocycles. The molecule has 20 nitrogen and oxygen atoms in total. The minimum Gasteiger partial charge on any atom is -0.327 e. The van der Waals surface area contributed by atoms with Crippen LogP contribution < -0.4 is 4.72 Å². The van der Waals surface area contributed by atoms with E-state index in [1.165, 1.54) is 36.5 Å². The Morgan fingerprint density at radius 2 is 1.09 bits per heavy atom. The standard InChI is InChI=1S/C22H22N6O4S.C21H18N6O4/c1-22(2,3)12-28-15(7-13-10-24-18(9-23)25-19(13)28)11-27-20(29)16-6-5-14(26-33(4,31)32)8-17(16)21(27)30;1-21(2,3)11-26-14(6-12-9-23-17(8-22)24-18(12)26)10-25-19(28)15-5-4-13(27(30)31)7-16(15)20(25)29/h5-8,10,26H,11-12H2,1-4H3;4-7,9H,10-11H2,1-3H3. The van der Waals surface area contributed by atoms with Crippen LogP contribution in [0.5, 0.6) is 0 Å². The molecule has 1 N–H and O–H groups in total. The second-order valence-electron chi connectivity index (χ2n) is 17.7. The van der Waals surface area contributed by atoms with Crippen molar-refractivity contribution in [1.82, 2.24) is 38.9 Å². The van der Waals surface area contributed by atoms with Gasteiger partial charge in [-0.25, -0.2) is 28.4 Å². The van der Waals surface area contributed by atoms with Crippen molar-refractivity contribution in [3.8, 4) is 12.1 Å². The summed E-state index contributed by atoms with van der Waals surface area (Å²) in [5, 5.41) is 30.8. The number of amides is 4. The predicted molar refractivity (Wildman–Crippen MR) is 230 cm³/mol. The minimum absolute atomic E-state index is 0.00445. The summed E-state index contributed by atoms with van der Waals surface area (Å²) < 4.78 is 29.2. The zero-order valence-corrected chi connectivity index (χ0v) is 36.5. The third-order valence-corrected chi connectivity index (χ3v) is 10.6. The van der Waals surface area contributed by atoms with Gasteiger partial charge in [0.1, 0.15) is 23.4 Å². The lowest BCUT2D eigenvalue weighted by atomic mass is 9.97. The molecule has 0 saturated heterocycles. The van der Waals surface area contributed by atoms with Crippen LogP contribution in [0, 0.1) is 43.6 Å².